The third-order valence-corrected chi connectivity index (χ3v) is 5.16. The van der Waals surface area contributed by atoms with Gasteiger partial charge in [-0.05, 0) is 38.9 Å². The Kier molecular flexibility index (Phi) is 6.03. The van der Waals surface area contributed by atoms with Gasteiger partial charge in [0.25, 0.3) is 0 Å². The van der Waals surface area contributed by atoms with Crippen molar-refractivity contribution in [2.75, 3.05) is 20.1 Å². The number of hydrogen-bond donors (Lipinski definition) is 1. The smallest absolute Gasteiger partial charge is 0.218 e. The van der Waals surface area contributed by atoms with Crippen LogP contribution in [0.2, 0.25) is 0 Å². The summed E-state index contributed by atoms with van der Waals surface area (Å²) in [5, 5.41) is 2.69. The Balaban J connectivity index is 2.60. The standard InChI is InChI=1S/C13H24N2O3S/c1-5-8-14-9-12(3)19(16,17)15(4)10-13-7-6-11(2)18-13/h6-7,12,14H,5,8-10H2,1-4H3. The maximum Gasteiger partial charge on any atom is 0.218 e. The third kappa shape index (κ3) is 4.63. The molecule has 0 aromatic carbocycles. The number of nitrogens with one attached hydrogen (secondary N) is 1. The van der Waals surface area contributed by atoms with Gasteiger partial charge in [0.05, 0.1) is 11.8 Å². The molecule has 1 unspecified atom stereocenters. The summed E-state index contributed by atoms with van der Waals surface area (Å²) in [6.45, 7) is 7.20. The molecule has 0 aliphatic rings. The number of hydrogen-bond acceptors (Lipinski definition) is 4. The van der Waals surface area contributed by atoms with Gasteiger partial charge >= 0.3 is 0 Å². The fourth-order valence-electron chi connectivity index (χ4n) is 1.77. The lowest BCUT2D eigenvalue weighted by Crippen LogP contribution is -2.39. The van der Waals surface area contributed by atoms with E-state index in [4.69, 9.17) is 4.42 Å². The van der Waals surface area contributed by atoms with Crippen LogP contribution in [0, 0.1) is 6.92 Å². The molecule has 0 aliphatic heterocycles. The van der Waals surface area contributed by atoms with Gasteiger partial charge in [0.1, 0.15) is 11.5 Å². The Morgan fingerprint density at radius 1 is 1.42 bits per heavy atom. The first-order valence-corrected chi connectivity index (χ1v) is 8.09. The van der Waals surface area contributed by atoms with Crippen LogP contribution < -0.4 is 5.32 Å². The van der Waals surface area contributed by atoms with Gasteiger partial charge in [0.15, 0.2) is 0 Å². The summed E-state index contributed by atoms with van der Waals surface area (Å²) in [6, 6.07) is 3.64. The molecule has 0 spiro atoms. The predicted octanol–water partition coefficient (Wildman–Crippen LogP) is 1.74. The lowest BCUT2D eigenvalue weighted by Gasteiger charge is -2.21. The minimum atomic E-state index is -3.30. The number of furan rings is 1. The van der Waals surface area contributed by atoms with Crippen LogP contribution in [0.15, 0.2) is 16.5 Å². The van der Waals surface area contributed by atoms with Crippen molar-refractivity contribution in [2.24, 2.45) is 0 Å². The van der Waals surface area contributed by atoms with Gasteiger partial charge in [-0.15, -0.1) is 0 Å². The van der Waals surface area contributed by atoms with E-state index in [1.807, 2.05) is 13.0 Å². The van der Waals surface area contributed by atoms with Crippen LogP contribution in [-0.2, 0) is 16.6 Å². The van der Waals surface area contributed by atoms with Crippen molar-refractivity contribution in [3.63, 3.8) is 0 Å². The Morgan fingerprint density at radius 2 is 2.11 bits per heavy atom. The second kappa shape index (κ2) is 7.07. The van der Waals surface area contributed by atoms with Crippen LogP contribution in [0.1, 0.15) is 31.8 Å². The highest BCUT2D eigenvalue weighted by Gasteiger charge is 2.26. The average Bonchev–Trinajstić information content (AvgIpc) is 2.74. The molecule has 110 valence electrons. The lowest BCUT2D eigenvalue weighted by atomic mass is 10.4. The zero-order valence-electron chi connectivity index (χ0n) is 12.1. The molecule has 1 aromatic rings. The van der Waals surface area contributed by atoms with Crippen molar-refractivity contribution in [3.8, 4) is 0 Å². The highest BCUT2D eigenvalue weighted by atomic mass is 32.2. The fourth-order valence-corrected chi connectivity index (χ4v) is 3.02. The number of aryl methyl sites for hydroxylation is 1. The zero-order chi connectivity index (χ0) is 14.5. The second-order valence-electron chi connectivity index (χ2n) is 4.83. The summed E-state index contributed by atoms with van der Waals surface area (Å²) in [6.07, 6.45) is 0.994. The van der Waals surface area contributed by atoms with Gasteiger partial charge in [0, 0.05) is 13.6 Å². The molecular formula is C13H24N2O3S. The van der Waals surface area contributed by atoms with Crippen molar-refractivity contribution in [3.05, 3.63) is 23.7 Å². The molecule has 6 heteroatoms. The fraction of sp³-hybridized carbons (Fsp3) is 0.692. The first-order valence-electron chi connectivity index (χ1n) is 6.59. The second-order valence-corrected chi connectivity index (χ2v) is 7.29. The summed E-state index contributed by atoms with van der Waals surface area (Å²) in [7, 11) is -1.71. The quantitative estimate of drug-likeness (QED) is 0.740. The number of rotatable bonds is 8. The molecule has 0 fully saturated rings. The van der Waals surface area contributed by atoms with Crippen LogP contribution in [0.5, 0.6) is 0 Å². The summed E-state index contributed by atoms with van der Waals surface area (Å²) < 4.78 is 31.3. The third-order valence-electron chi connectivity index (χ3n) is 2.98. The molecule has 1 rings (SSSR count). The Hall–Kier alpha value is -0.850. The normalized spacial score (nSPS) is 13.9. The molecule has 0 amide bonds. The van der Waals surface area contributed by atoms with E-state index in [0.717, 1.165) is 18.7 Å². The largest absolute Gasteiger partial charge is 0.465 e. The van der Waals surface area contributed by atoms with Crippen molar-refractivity contribution >= 4 is 10.0 Å². The van der Waals surface area contributed by atoms with Gasteiger partial charge < -0.3 is 9.73 Å². The Bertz CT molecular complexity index is 482. The highest BCUT2D eigenvalue weighted by molar-refractivity contribution is 7.89. The van der Waals surface area contributed by atoms with Crippen LogP contribution in [0.4, 0.5) is 0 Å². The molecule has 1 heterocycles. The van der Waals surface area contributed by atoms with Gasteiger partial charge in [-0.3, -0.25) is 0 Å². The monoisotopic (exact) mass is 288 g/mol. The van der Waals surface area contributed by atoms with E-state index < -0.39 is 15.3 Å². The summed E-state index contributed by atoms with van der Waals surface area (Å²) in [5.41, 5.74) is 0. The summed E-state index contributed by atoms with van der Waals surface area (Å²) in [5.74, 6) is 1.45. The highest BCUT2D eigenvalue weighted by Crippen LogP contribution is 2.13. The molecule has 0 radical (unpaired) electrons. The molecule has 0 saturated carbocycles. The van der Waals surface area contributed by atoms with Crippen molar-refractivity contribution < 1.29 is 12.8 Å². The molecule has 1 atom stereocenters. The molecule has 5 nitrogen and oxygen atoms in total. The van der Waals surface area contributed by atoms with E-state index in [2.05, 4.69) is 12.2 Å². The van der Waals surface area contributed by atoms with Gasteiger partial charge in [-0.1, -0.05) is 6.92 Å². The van der Waals surface area contributed by atoms with E-state index in [9.17, 15) is 8.42 Å². The summed E-state index contributed by atoms with van der Waals surface area (Å²) in [4.78, 5) is 0. The number of nitrogens with zero attached hydrogens (tertiary/aromatic N) is 1. The zero-order valence-corrected chi connectivity index (χ0v) is 13.0. The number of sulfonamides is 1. The maximum atomic E-state index is 12.3. The molecule has 1 aromatic heterocycles. The summed E-state index contributed by atoms with van der Waals surface area (Å²) >= 11 is 0. The van der Waals surface area contributed by atoms with E-state index in [1.54, 1.807) is 20.0 Å². The molecule has 0 saturated heterocycles. The lowest BCUT2D eigenvalue weighted by molar-refractivity contribution is 0.392. The van der Waals surface area contributed by atoms with Crippen LogP contribution in [0.3, 0.4) is 0 Å². The SMILES string of the molecule is CCCNCC(C)S(=O)(=O)N(C)Cc1ccc(C)o1. The van der Waals surface area contributed by atoms with Crippen LogP contribution in [-0.4, -0.2) is 38.1 Å². The minimum Gasteiger partial charge on any atom is -0.465 e. The Labute approximate surface area is 116 Å². The van der Waals surface area contributed by atoms with E-state index in [0.29, 0.717) is 12.3 Å². The maximum absolute atomic E-state index is 12.3. The van der Waals surface area contributed by atoms with Crippen LogP contribution >= 0.6 is 0 Å². The van der Waals surface area contributed by atoms with Gasteiger partial charge in [-0.25, -0.2) is 8.42 Å². The first kappa shape index (κ1) is 16.2. The Morgan fingerprint density at radius 3 is 2.63 bits per heavy atom. The molecular weight excluding hydrogens is 264 g/mol. The topological polar surface area (TPSA) is 62.6 Å². The van der Waals surface area contributed by atoms with E-state index in [-0.39, 0.29) is 6.54 Å². The van der Waals surface area contributed by atoms with Gasteiger partial charge in [-0.2, -0.15) is 4.31 Å². The molecule has 19 heavy (non-hydrogen) atoms. The minimum absolute atomic E-state index is 0.272. The van der Waals surface area contributed by atoms with Crippen molar-refractivity contribution in [2.45, 2.75) is 39.0 Å². The van der Waals surface area contributed by atoms with Crippen molar-refractivity contribution in [1.82, 2.24) is 9.62 Å². The molecule has 0 bridgehead atoms. The van der Waals surface area contributed by atoms with Gasteiger partial charge in [0.2, 0.25) is 10.0 Å². The first-order chi connectivity index (χ1) is 8.87. The molecule has 0 aliphatic carbocycles. The van der Waals surface area contributed by atoms with E-state index in [1.165, 1.54) is 4.31 Å². The average molecular weight is 288 g/mol. The van der Waals surface area contributed by atoms with E-state index >= 15 is 0 Å². The van der Waals surface area contributed by atoms with Crippen LogP contribution in [0.25, 0.3) is 0 Å². The molecule has 1 N–H and O–H groups in total. The predicted molar refractivity (Wildman–Crippen MR) is 76.5 cm³/mol. The van der Waals surface area contributed by atoms with Crippen molar-refractivity contribution in [1.29, 1.82) is 0 Å².